The van der Waals surface area contributed by atoms with Crippen LogP contribution in [-0.2, 0) is 16.6 Å². The number of carbonyl (C=O) groups excluding carboxylic acids is 1. The fourth-order valence-electron chi connectivity index (χ4n) is 2.62. The predicted octanol–water partition coefficient (Wildman–Crippen LogP) is 2.98. The van der Waals surface area contributed by atoms with Crippen LogP contribution in [0, 0.1) is 5.92 Å². The summed E-state index contributed by atoms with van der Waals surface area (Å²) in [6, 6.07) is 6.80. The van der Waals surface area contributed by atoms with Gasteiger partial charge in [0, 0.05) is 41.5 Å². The lowest BCUT2D eigenvalue weighted by atomic mass is 9.95. The van der Waals surface area contributed by atoms with Crippen molar-refractivity contribution in [2.24, 2.45) is 5.92 Å². The second-order valence-electron chi connectivity index (χ2n) is 5.53. The second-order valence-corrected chi connectivity index (χ2v) is 6.96. The van der Waals surface area contributed by atoms with Gasteiger partial charge in [0.2, 0.25) is 0 Å². The van der Waals surface area contributed by atoms with E-state index >= 15 is 0 Å². The van der Waals surface area contributed by atoms with Crippen LogP contribution in [0.3, 0.4) is 0 Å². The van der Waals surface area contributed by atoms with Crippen LogP contribution in [0.1, 0.15) is 28.8 Å². The lowest BCUT2D eigenvalue weighted by Crippen LogP contribution is -2.42. The van der Waals surface area contributed by atoms with Gasteiger partial charge in [-0.3, -0.25) is 9.00 Å². The van der Waals surface area contributed by atoms with E-state index in [4.69, 9.17) is 0 Å². The number of amides is 1. The highest BCUT2D eigenvalue weighted by Crippen LogP contribution is 2.34. The molecule has 122 valence electrons. The van der Waals surface area contributed by atoms with E-state index < -0.39 is 22.9 Å². The Balaban J connectivity index is 2.02. The highest BCUT2D eigenvalue weighted by molar-refractivity contribution is 7.83. The molecule has 1 fully saturated rings. The maximum atomic E-state index is 12.6. The molecule has 0 aromatic heterocycles. The minimum absolute atomic E-state index is 0.0477. The van der Waals surface area contributed by atoms with E-state index in [-0.39, 0.29) is 31.8 Å². The van der Waals surface area contributed by atoms with E-state index in [1.807, 2.05) is 0 Å². The average Bonchev–Trinajstić information content (AvgIpc) is 2.45. The number of likely N-dealkylation sites (tertiary alicyclic amines) is 1. The van der Waals surface area contributed by atoms with Crippen molar-refractivity contribution >= 4 is 16.7 Å². The average molecular weight is 333 g/mol. The molecule has 1 aliphatic rings. The maximum absolute atomic E-state index is 12.6. The third-order valence-corrected chi connectivity index (χ3v) is 4.53. The molecule has 1 aliphatic heterocycles. The van der Waals surface area contributed by atoms with Gasteiger partial charge in [-0.2, -0.15) is 13.2 Å². The van der Waals surface area contributed by atoms with E-state index in [2.05, 4.69) is 0 Å². The largest absolute Gasteiger partial charge is 0.391 e. The van der Waals surface area contributed by atoms with E-state index in [1.165, 1.54) is 4.90 Å². The molecule has 0 bridgehead atoms. The Labute approximate surface area is 130 Å². The molecule has 22 heavy (non-hydrogen) atoms. The van der Waals surface area contributed by atoms with Crippen molar-refractivity contribution < 1.29 is 22.2 Å². The Kier molecular flexibility index (Phi) is 5.26. The van der Waals surface area contributed by atoms with Crippen LogP contribution in [0.15, 0.2) is 24.3 Å². The summed E-state index contributed by atoms with van der Waals surface area (Å²) < 4.78 is 49.1. The molecule has 0 saturated carbocycles. The van der Waals surface area contributed by atoms with Crippen LogP contribution in [0.2, 0.25) is 0 Å². The molecule has 1 atom stereocenters. The molecule has 1 aromatic rings. The van der Waals surface area contributed by atoms with Gasteiger partial charge < -0.3 is 4.90 Å². The molecule has 7 heteroatoms. The molecular formula is C15H18F3NO2S. The number of nitrogens with zero attached hydrogens (tertiary/aromatic N) is 1. The fraction of sp³-hybridized carbons (Fsp3) is 0.533. The fourth-order valence-corrected chi connectivity index (χ4v) is 3.27. The van der Waals surface area contributed by atoms with Crippen molar-refractivity contribution in [3.05, 3.63) is 35.4 Å². The Hall–Kier alpha value is -1.37. The highest BCUT2D eigenvalue weighted by atomic mass is 32.2. The Bertz CT molecular complexity index is 566. The summed E-state index contributed by atoms with van der Waals surface area (Å²) in [5.74, 6) is -1.22. The smallest absolute Gasteiger partial charge is 0.339 e. The SMILES string of the molecule is CS(=O)Cc1cccc(C(=O)N2CCC(C(F)(F)F)CC2)c1. The molecule has 1 amide bonds. The Morgan fingerprint density at radius 2 is 1.95 bits per heavy atom. The third-order valence-electron chi connectivity index (χ3n) is 3.79. The first-order chi connectivity index (χ1) is 10.3. The number of piperidine rings is 1. The number of benzene rings is 1. The van der Waals surface area contributed by atoms with Crippen molar-refractivity contribution in [3.63, 3.8) is 0 Å². The zero-order chi connectivity index (χ0) is 16.3. The summed E-state index contributed by atoms with van der Waals surface area (Å²) in [6.07, 6.45) is -2.70. The summed E-state index contributed by atoms with van der Waals surface area (Å²) in [6.45, 7) is 0.236. The molecule has 0 radical (unpaired) electrons. The number of halogens is 3. The first kappa shape index (κ1) is 17.0. The van der Waals surface area contributed by atoms with E-state index in [0.717, 1.165) is 5.56 Å². The zero-order valence-electron chi connectivity index (χ0n) is 12.2. The first-order valence-corrected chi connectivity index (χ1v) is 8.75. The van der Waals surface area contributed by atoms with Crippen molar-refractivity contribution in [2.75, 3.05) is 19.3 Å². The Morgan fingerprint density at radius 3 is 2.50 bits per heavy atom. The molecule has 1 saturated heterocycles. The molecule has 0 spiro atoms. The van der Waals surface area contributed by atoms with Crippen molar-refractivity contribution in [2.45, 2.75) is 24.8 Å². The molecule has 3 nitrogen and oxygen atoms in total. The number of alkyl halides is 3. The summed E-state index contributed by atoms with van der Waals surface area (Å²) in [5.41, 5.74) is 1.23. The van der Waals surface area contributed by atoms with E-state index in [1.54, 1.807) is 30.5 Å². The third kappa shape index (κ3) is 4.32. The van der Waals surface area contributed by atoms with Crippen LogP contribution >= 0.6 is 0 Å². The van der Waals surface area contributed by atoms with Crippen LogP contribution in [0.4, 0.5) is 13.2 Å². The standard InChI is InChI=1S/C15H18F3NO2S/c1-22(21)10-11-3-2-4-12(9-11)14(20)19-7-5-13(6-8-19)15(16,17)18/h2-4,9,13H,5-8,10H2,1H3. The topological polar surface area (TPSA) is 37.4 Å². The van der Waals surface area contributed by atoms with Gasteiger partial charge in [0.1, 0.15) is 0 Å². The second kappa shape index (κ2) is 6.81. The molecule has 1 unspecified atom stereocenters. The summed E-state index contributed by atoms with van der Waals surface area (Å²) in [7, 11) is -1.01. The minimum atomic E-state index is -4.18. The number of hydrogen-bond donors (Lipinski definition) is 0. The van der Waals surface area contributed by atoms with Gasteiger partial charge in [-0.05, 0) is 30.5 Å². The van der Waals surface area contributed by atoms with Gasteiger partial charge in [0.15, 0.2) is 0 Å². The van der Waals surface area contributed by atoms with Gasteiger partial charge in [-0.15, -0.1) is 0 Å². The lowest BCUT2D eigenvalue weighted by Gasteiger charge is -2.33. The summed E-state index contributed by atoms with van der Waals surface area (Å²) in [5, 5.41) is 0. The molecular weight excluding hydrogens is 315 g/mol. The molecule has 1 heterocycles. The van der Waals surface area contributed by atoms with E-state index in [9.17, 15) is 22.2 Å². The van der Waals surface area contributed by atoms with Gasteiger partial charge in [-0.1, -0.05) is 12.1 Å². The highest BCUT2D eigenvalue weighted by Gasteiger charge is 2.41. The quantitative estimate of drug-likeness (QED) is 0.853. The van der Waals surface area contributed by atoms with E-state index in [0.29, 0.717) is 11.3 Å². The van der Waals surface area contributed by atoms with Crippen LogP contribution in [-0.4, -0.2) is 40.5 Å². The predicted molar refractivity (Wildman–Crippen MR) is 78.9 cm³/mol. The van der Waals surface area contributed by atoms with Gasteiger partial charge in [-0.25, -0.2) is 0 Å². The molecule has 0 aliphatic carbocycles. The van der Waals surface area contributed by atoms with Crippen molar-refractivity contribution in [1.82, 2.24) is 4.90 Å². The van der Waals surface area contributed by atoms with Crippen LogP contribution in [0.25, 0.3) is 0 Å². The van der Waals surface area contributed by atoms with Crippen LogP contribution < -0.4 is 0 Å². The molecule has 1 aromatic carbocycles. The first-order valence-electron chi connectivity index (χ1n) is 7.02. The summed E-state index contributed by atoms with van der Waals surface area (Å²) in [4.78, 5) is 13.8. The van der Waals surface area contributed by atoms with Crippen molar-refractivity contribution in [3.8, 4) is 0 Å². The molecule has 0 N–H and O–H groups in total. The van der Waals surface area contributed by atoms with Crippen molar-refractivity contribution in [1.29, 1.82) is 0 Å². The number of rotatable bonds is 3. The Morgan fingerprint density at radius 1 is 1.32 bits per heavy atom. The monoisotopic (exact) mass is 333 g/mol. The normalized spacial score (nSPS) is 18.3. The zero-order valence-corrected chi connectivity index (χ0v) is 13.0. The number of hydrogen-bond acceptors (Lipinski definition) is 2. The number of carbonyl (C=O) groups is 1. The van der Waals surface area contributed by atoms with Gasteiger partial charge in [0.05, 0.1) is 5.92 Å². The van der Waals surface area contributed by atoms with Gasteiger partial charge in [0.25, 0.3) is 5.91 Å². The van der Waals surface area contributed by atoms with Crippen LogP contribution in [0.5, 0.6) is 0 Å². The maximum Gasteiger partial charge on any atom is 0.391 e. The lowest BCUT2D eigenvalue weighted by molar-refractivity contribution is -0.183. The minimum Gasteiger partial charge on any atom is -0.339 e. The molecule has 2 rings (SSSR count). The summed E-state index contributed by atoms with van der Waals surface area (Å²) >= 11 is 0. The van der Waals surface area contributed by atoms with Gasteiger partial charge >= 0.3 is 6.18 Å².